The van der Waals surface area contributed by atoms with E-state index in [-0.39, 0.29) is 18.1 Å². The molecule has 1 aliphatic heterocycles. The highest BCUT2D eigenvalue weighted by molar-refractivity contribution is 5.75. The third-order valence-corrected chi connectivity index (χ3v) is 9.88. The van der Waals surface area contributed by atoms with Gasteiger partial charge in [-0.1, -0.05) is 74.6 Å². The van der Waals surface area contributed by atoms with Gasteiger partial charge in [0.05, 0.1) is 29.9 Å². The number of anilines is 2. The largest absolute Gasteiger partial charge is 0.390 e. The van der Waals surface area contributed by atoms with Crippen LogP contribution in [0.15, 0.2) is 64.2 Å². The van der Waals surface area contributed by atoms with Crippen LogP contribution in [-0.4, -0.2) is 57.2 Å². The topological polar surface area (TPSA) is 124 Å². The van der Waals surface area contributed by atoms with Gasteiger partial charge in [-0.2, -0.15) is 5.26 Å². The molecule has 9 heteroatoms. The molecule has 2 fully saturated rings. The first-order valence-corrected chi connectivity index (χ1v) is 17.4. The molecule has 0 bridgehead atoms. The molecular formula is C38H50N4O5. The summed E-state index contributed by atoms with van der Waals surface area (Å²) in [6.45, 7) is 3.41. The van der Waals surface area contributed by atoms with Crippen LogP contribution in [0.4, 0.5) is 11.4 Å². The van der Waals surface area contributed by atoms with E-state index in [9.17, 15) is 14.7 Å². The Morgan fingerprint density at radius 1 is 0.979 bits per heavy atom. The maximum atomic E-state index is 13.1. The summed E-state index contributed by atoms with van der Waals surface area (Å²) in [4.78, 5) is 28.3. The van der Waals surface area contributed by atoms with Gasteiger partial charge in [0, 0.05) is 52.4 Å². The van der Waals surface area contributed by atoms with Gasteiger partial charge < -0.3 is 30.1 Å². The highest BCUT2D eigenvalue weighted by Crippen LogP contribution is 2.36. The summed E-state index contributed by atoms with van der Waals surface area (Å²) >= 11 is 0. The number of hydrogen-bond donors (Lipinski definition) is 3. The number of ether oxygens (including phenoxy) is 2. The molecule has 1 heterocycles. The number of aliphatic hydroxyl groups excluding tert-OH is 1. The number of methoxy groups -OCH3 is 1. The molecule has 3 N–H and O–H groups in total. The molecule has 0 radical (unpaired) electrons. The Morgan fingerprint density at radius 3 is 2.47 bits per heavy atom. The zero-order chi connectivity index (χ0) is 33.0. The zero-order valence-electron chi connectivity index (χ0n) is 27.7. The van der Waals surface area contributed by atoms with Crippen molar-refractivity contribution in [1.82, 2.24) is 5.32 Å². The summed E-state index contributed by atoms with van der Waals surface area (Å²) in [5.41, 5.74) is 2.61. The van der Waals surface area contributed by atoms with Crippen LogP contribution in [0, 0.1) is 23.2 Å². The number of nitriles is 1. The van der Waals surface area contributed by atoms with Crippen molar-refractivity contribution in [2.45, 2.75) is 82.6 Å². The Hall–Kier alpha value is -3.55. The minimum atomic E-state index is -0.760. The van der Waals surface area contributed by atoms with Crippen LogP contribution in [0.2, 0.25) is 0 Å². The fraction of sp³-hybridized carbons (Fsp3) is 0.553. The quantitative estimate of drug-likeness (QED) is 0.137. The van der Waals surface area contributed by atoms with Crippen molar-refractivity contribution in [1.29, 1.82) is 5.26 Å². The van der Waals surface area contributed by atoms with Gasteiger partial charge in [-0.25, -0.2) is 0 Å². The second-order valence-corrected chi connectivity index (χ2v) is 13.3. The summed E-state index contributed by atoms with van der Waals surface area (Å²) in [6, 6.07) is 19.4. The number of hydrogen-bond acceptors (Lipinski definition) is 9. The molecule has 1 aliphatic carbocycles. The molecule has 0 amide bonds. The van der Waals surface area contributed by atoms with Gasteiger partial charge >= 0.3 is 0 Å². The van der Waals surface area contributed by atoms with Gasteiger partial charge in [-0.3, -0.25) is 9.59 Å². The van der Waals surface area contributed by atoms with Crippen LogP contribution < -0.4 is 26.4 Å². The molecule has 5 rings (SSSR count). The lowest BCUT2D eigenvalue weighted by molar-refractivity contribution is -0.00235. The summed E-state index contributed by atoms with van der Waals surface area (Å²) in [5, 5.41) is 27.3. The highest BCUT2D eigenvalue weighted by atomic mass is 16.5. The standard InChI is InChI=1S/C38H50N4O5/c1-46-20-9-21-47-38(30-12-6-3-7-13-30)31-14-8-19-42(26-31)35-34(36(44)37(35)45)41-32(22-27-10-4-2-5-11-27)33(43)25-40-24-29-17-15-28(23-39)16-18-29/h3,6-7,12-13,15-18,27,31-33,38,40-41,43H,2,4-5,8-11,14,19-22,24-26H2,1H3. The van der Waals surface area contributed by atoms with Crippen LogP contribution in [0.5, 0.6) is 0 Å². The molecule has 252 valence electrons. The lowest BCUT2D eigenvalue weighted by atomic mass is 9.83. The first kappa shape index (κ1) is 34.8. The second-order valence-electron chi connectivity index (χ2n) is 13.3. The van der Waals surface area contributed by atoms with E-state index in [4.69, 9.17) is 14.7 Å². The van der Waals surface area contributed by atoms with Crippen molar-refractivity contribution in [3.05, 3.63) is 91.7 Å². The number of rotatable bonds is 17. The summed E-state index contributed by atoms with van der Waals surface area (Å²) < 4.78 is 11.7. The molecule has 3 aromatic rings. The number of aliphatic hydroxyl groups is 1. The van der Waals surface area contributed by atoms with E-state index in [0.717, 1.165) is 49.7 Å². The molecule has 9 nitrogen and oxygen atoms in total. The summed E-state index contributed by atoms with van der Waals surface area (Å²) in [6.07, 6.45) is 8.34. The predicted molar refractivity (Wildman–Crippen MR) is 185 cm³/mol. The maximum Gasteiger partial charge on any atom is 0.253 e. The van der Waals surface area contributed by atoms with Crippen LogP contribution in [0.1, 0.15) is 80.6 Å². The molecule has 3 aromatic carbocycles. The normalized spacial score (nSPS) is 19.3. The molecule has 47 heavy (non-hydrogen) atoms. The SMILES string of the molecule is COCCCOC(c1ccccc1)C1CCCN(c2c(NC(CC3CCCCC3)C(O)CNCc3ccc(C#N)cc3)c(=O)c2=O)C1. The predicted octanol–water partition coefficient (Wildman–Crippen LogP) is 5.07. The average Bonchev–Trinajstić information content (AvgIpc) is 3.12. The molecule has 1 saturated heterocycles. The minimum absolute atomic E-state index is 0.123. The number of benzene rings is 2. The van der Waals surface area contributed by atoms with Crippen molar-refractivity contribution < 1.29 is 14.6 Å². The van der Waals surface area contributed by atoms with E-state index in [2.05, 4.69) is 33.7 Å². The van der Waals surface area contributed by atoms with E-state index in [0.29, 0.717) is 62.2 Å². The fourth-order valence-electron chi connectivity index (χ4n) is 7.32. The molecule has 1 saturated carbocycles. The highest BCUT2D eigenvalue weighted by Gasteiger charge is 2.35. The molecule has 2 aliphatic rings. The molecule has 4 atom stereocenters. The molecule has 0 spiro atoms. The van der Waals surface area contributed by atoms with E-state index < -0.39 is 17.0 Å². The number of nitrogens with one attached hydrogen (secondary N) is 2. The Bertz CT molecular complexity index is 1490. The van der Waals surface area contributed by atoms with E-state index >= 15 is 0 Å². The van der Waals surface area contributed by atoms with Gasteiger partial charge in [-0.15, -0.1) is 0 Å². The summed E-state index contributed by atoms with van der Waals surface area (Å²) in [5.74, 6) is 0.617. The number of nitrogens with zero attached hydrogens (tertiary/aromatic N) is 2. The molecule has 0 aromatic heterocycles. The van der Waals surface area contributed by atoms with Gasteiger partial charge in [0.25, 0.3) is 10.9 Å². The smallest absolute Gasteiger partial charge is 0.253 e. The van der Waals surface area contributed by atoms with Crippen molar-refractivity contribution in [3.8, 4) is 6.07 Å². The van der Waals surface area contributed by atoms with Gasteiger partial charge in [0.2, 0.25) is 0 Å². The zero-order valence-corrected chi connectivity index (χ0v) is 27.7. The molecular weight excluding hydrogens is 592 g/mol. The van der Waals surface area contributed by atoms with E-state index in [1.807, 2.05) is 30.3 Å². The van der Waals surface area contributed by atoms with Crippen molar-refractivity contribution in [2.75, 3.05) is 50.2 Å². The van der Waals surface area contributed by atoms with Crippen molar-refractivity contribution in [2.24, 2.45) is 11.8 Å². The maximum absolute atomic E-state index is 13.1. The van der Waals surface area contributed by atoms with Crippen LogP contribution in [0.3, 0.4) is 0 Å². The minimum Gasteiger partial charge on any atom is -0.390 e. The third kappa shape index (κ3) is 9.29. The van der Waals surface area contributed by atoms with Crippen LogP contribution >= 0.6 is 0 Å². The lowest BCUT2D eigenvalue weighted by Gasteiger charge is -2.40. The van der Waals surface area contributed by atoms with E-state index in [1.54, 1.807) is 19.2 Å². The summed E-state index contributed by atoms with van der Waals surface area (Å²) in [7, 11) is 1.69. The second kappa shape index (κ2) is 17.6. The van der Waals surface area contributed by atoms with Gasteiger partial charge in [0.15, 0.2) is 0 Å². The molecule has 4 unspecified atom stereocenters. The Balaban J connectivity index is 1.29. The Kier molecular flexibility index (Phi) is 13.0. The first-order chi connectivity index (χ1) is 23.0. The lowest BCUT2D eigenvalue weighted by Crippen LogP contribution is -2.50. The van der Waals surface area contributed by atoms with Crippen LogP contribution in [0.25, 0.3) is 0 Å². The van der Waals surface area contributed by atoms with Crippen molar-refractivity contribution >= 4 is 11.4 Å². The first-order valence-electron chi connectivity index (χ1n) is 17.4. The fourth-order valence-corrected chi connectivity index (χ4v) is 7.32. The Morgan fingerprint density at radius 2 is 1.74 bits per heavy atom. The number of piperidine rings is 1. The monoisotopic (exact) mass is 642 g/mol. The van der Waals surface area contributed by atoms with Gasteiger partial charge in [0.1, 0.15) is 11.4 Å². The van der Waals surface area contributed by atoms with Crippen molar-refractivity contribution in [3.63, 3.8) is 0 Å². The van der Waals surface area contributed by atoms with E-state index in [1.165, 1.54) is 19.3 Å². The Labute approximate surface area is 278 Å². The van der Waals surface area contributed by atoms with Crippen LogP contribution in [-0.2, 0) is 16.0 Å². The van der Waals surface area contributed by atoms with Gasteiger partial charge in [-0.05, 0) is 54.9 Å². The average molecular weight is 643 g/mol. The third-order valence-electron chi connectivity index (χ3n) is 9.88.